The molecule has 0 aliphatic heterocycles. The van der Waals surface area contributed by atoms with E-state index in [-0.39, 0.29) is 0 Å². The van der Waals surface area contributed by atoms with Crippen LogP contribution in [-0.4, -0.2) is 30.5 Å². The van der Waals surface area contributed by atoms with E-state index in [9.17, 15) is 0 Å². The Labute approximate surface area is 127 Å². The number of aromatic nitrogens is 1. The summed E-state index contributed by atoms with van der Waals surface area (Å²) < 4.78 is 0. The molecule has 0 bridgehead atoms. The van der Waals surface area contributed by atoms with Crippen LogP contribution in [0.15, 0.2) is 48.7 Å². The third-order valence-electron chi connectivity index (χ3n) is 4.04. The molecule has 108 valence electrons. The average Bonchev–Trinajstić information content (AvgIpc) is 2.65. The van der Waals surface area contributed by atoms with E-state index in [1.54, 1.807) is 0 Å². The first-order valence-corrected chi connectivity index (χ1v) is 7.63. The minimum atomic E-state index is 1.03. The largest absolute Gasteiger partial charge is 0.309 e. The van der Waals surface area contributed by atoms with Gasteiger partial charge in [-0.15, -0.1) is 0 Å². The van der Waals surface area contributed by atoms with Crippen molar-refractivity contribution >= 4 is 5.57 Å². The summed E-state index contributed by atoms with van der Waals surface area (Å²) in [6.07, 6.45) is 7.45. The standard InChI is InChI=1S/C19H22N2/c1-21(2)14-6-10-17-16-8-4-3-7-15(16)11-12-19-18(17)9-5-13-20-19/h3-5,7-10,13H,6,11-12,14H2,1-2H3. The van der Waals surface area contributed by atoms with Gasteiger partial charge in [-0.25, -0.2) is 0 Å². The van der Waals surface area contributed by atoms with Crippen LogP contribution in [0.5, 0.6) is 0 Å². The third kappa shape index (κ3) is 3.06. The van der Waals surface area contributed by atoms with Crippen molar-refractivity contribution < 1.29 is 0 Å². The molecule has 1 aliphatic rings. The van der Waals surface area contributed by atoms with Crippen molar-refractivity contribution in [2.24, 2.45) is 0 Å². The zero-order valence-corrected chi connectivity index (χ0v) is 12.8. The molecule has 3 rings (SSSR count). The van der Waals surface area contributed by atoms with Crippen LogP contribution in [0.25, 0.3) is 5.57 Å². The number of hydrogen-bond donors (Lipinski definition) is 0. The fourth-order valence-electron chi connectivity index (χ4n) is 2.97. The van der Waals surface area contributed by atoms with Gasteiger partial charge in [0.25, 0.3) is 0 Å². The predicted octanol–water partition coefficient (Wildman–Crippen LogP) is 3.56. The highest BCUT2D eigenvalue weighted by atomic mass is 15.0. The van der Waals surface area contributed by atoms with E-state index >= 15 is 0 Å². The maximum absolute atomic E-state index is 4.60. The van der Waals surface area contributed by atoms with E-state index in [1.807, 2.05) is 12.3 Å². The van der Waals surface area contributed by atoms with Gasteiger partial charge in [-0.1, -0.05) is 36.4 Å². The molecule has 1 aliphatic carbocycles. The van der Waals surface area contributed by atoms with Crippen molar-refractivity contribution in [2.75, 3.05) is 20.6 Å². The summed E-state index contributed by atoms with van der Waals surface area (Å²) in [5, 5.41) is 0. The SMILES string of the molecule is CN(C)CCC=C1c2ccccc2CCc2ncccc21. The smallest absolute Gasteiger partial charge is 0.0485 e. The number of hydrogen-bond acceptors (Lipinski definition) is 2. The van der Waals surface area contributed by atoms with E-state index in [0.29, 0.717) is 0 Å². The number of nitrogens with zero attached hydrogens (tertiary/aromatic N) is 2. The van der Waals surface area contributed by atoms with Gasteiger partial charge in [-0.3, -0.25) is 4.98 Å². The highest BCUT2D eigenvalue weighted by molar-refractivity contribution is 5.83. The maximum Gasteiger partial charge on any atom is 0.0485 e. The Hall–Kier alpha value is -1.93. The van der Waals surface area contributed by atoms with Gasteiger partial charge >= 0.3 is 0 Å². The van der Waals surface area contributed by atoms with Gasteiger partial charge in [0.2, 0.25) is 0 Å². The first-order valence-electron chi connectivity index (χ1n) is 7.63. The summed E-state index contributed by atoms with van der Waals surface area (Å²) in [5.41, 5.74) is 6.70. The third-order valence-corrected chi connectivity index (χ3v) is 4.04. The predicted molar refractivity (Wildman–Crippen MR) is 88.3 cm³/mol. The number of aryl methyl sites for hydroxylation is 2. The molecular weight excluding hydrogens is 256 g/mol. The molecule has 1 aromatic heterocycles. The summed E-state index contributed by atoms with van der Waals surface area (Å²) in [5.74, 6) is 0. The van der Waals surface area contributed by atoms with Gasteiger partial charge in [-0.05, 0) is 56.1 Å². The highest BCUT2D eigenvalue weighted by Gasteiger charge is 2.17. The van der Waals surface area contributed by atoms with Crippen LogP contribution in [0, 0.1) is 0 Å². The molecule has 0 atom stereocenters. The van der Waals surface area contributed by atoms with E-state index in [1.165, 1.54) is 28.0 Å². The Balaban J connectivity index is 2.07. The van der Waals surface area contributed by atoms with Crippen LogP contribution >= 0.6 is 0 Å². The lowest BCUT2D eigenvalue weighted by molar-refractivity contribution is 0.417. The van der Waals surface area contributed by atoms with Crippen LogP contribution in [0.1, 0.15) is 28.8 Å². The summed E-state index contributed by atoms with van der Waals surface area (Å²) in [6, 6.07) is 13.0. The van der Waals surface area contributed by atoms with Crippen LogP contribution in [0.2, 0.25) is 0 Å². The molecule has 1 aromatic carbocycles. The van der Waals surface area contributed by atoms with Gasteiger partial charge < -0.3 is 4.90 Å². The second-order valence-corrected chi connectivity index (χ2v) is 5.86. The molecule has 2 aromatic rings. The molecule has 2 heteroatoms. The van der Waals surface area contributed by atoms with Crippen molar-refractivity contribution in [1.29, 1.82) is 0 Å². The minimum Gasteiger partial charge on any atom is -0.309 e. The molecule has 0 fully saturated rings. The number of benzene rings is 1. The lowest BCUT2D eigenvalue weighted by Crippen LogP contribution is -2.12. The summed E-state index contributed by atoms with van der Waals surface area (Å²) in [4.78, 5) is 6.83. The Kier molecular flexibility index (Phi) is 4.16. The monoisotopic (exact) mass is 278 g/mol. The normalized spacial score (nSPS) is 15.7. The summed E-state index contributed by atoms with van der Waals surface area (Å²) >= 11 is 0. The molecule has 2 nitrogen and oxygen atoms in total. The van der Waals surface area contributed by atoms with Gasteiger partial charge in [0.15, 0.2) is 0 Å². The Bertz CT molecular complexity index is 607. The van der Waals surface area contributed by atoms with Gasteiger partial charge in [0, 0.05) is 24.0 Å². The van der Waals surface area contributed by atoms with Crippen LogP contribution < -0.4 is 0 Å². The van der Waals surface area contributed by atoms with Gasteiger partial charge in [0.1, 0.15) is 0 Å². The zero-order valence-electron chi connectivity index (χ0n) is 12.8. The van der Waals surface area contributed by atoms with E-state index < -0.39 is 0 Å². The zero-order chi connectivity index (χ0) is 14.7. The second-order valence-electron chi connectivity index (χ2n) is 5.86. The summed E-state index contributed by atoms with van der Waals surface area (Å²) in [7, 11) is 4.24. The van der Waals surface area contributed by atoms with Crippen molar-refractivity contribution in [3.63, 3.8) is 0 Å². The van der Waals surface area contributed by atoms with Crippen molar-refractivity contribution in [1.82, 2.24) is 9.88 Å². The quantitative estimate of drug-likeness (QED) is 0.853. The van der Waals surface area contributed by atoms with Crippen molar-refractivity contribution in [3.05, 3.63) is 71.1 Å². The minimum absolute atomic E-state index is 1.03. The van der Waals surface area contributed by atoms with Crippen LogP contribution in [-0.2, 0) is 12.8 Å². The topological polar surface area (TPSA) is 16.1 Å². The van der Waals surface area contributed by atoms with E-state index in [0.717, 1.165) is 25.8 Å². The van der Waals surface area contributed by atoms with Crippen molar-refractivity contribution in [3.8, 4) is 0 Å². The summed E-state index contributed by atoms with van der Waals surface area (Å²) in [6.45, 7) is 1.07. The molecule has 0 unspecified atom stereocenters. The Morgan fingerprint density at radius 3 is 2.71 bits per heavy atom. The lowest BCUT2D eigenvalue weighted by Gasteiger charge is -2.12. The van der Waals surface area contributed by atoms with Crippen molar-refractivity contribution in [2.45, 2.75) is 19.3 Å². The molecule has 0 radical (unpaired) electrons. The van der Waals surface area contributed by atoms with Gasteiger partial charge in [-0.2, -0.15) is 0 Å². The van der Waals surface area contributed by atoms with E-state index in [2.05, 4.69) is 60.4 Å². The molecule has 0 spiro atoms. The molecule has 21 heavy (non-hydrogen) atoms. The first kappa shape index (κ1) is 14.0. The molecule has 0 N–H and O–H groups in total. The van der Waals surface area contributed by atoms with Crippen LogP contribution in [0.3, 0.4) is 0 Å². The molecule has 1 heterocycles. The van der Waals surface area contributed by atoms with Gasteiger partial charge in [0.05, 0.1) is 0 Å². The average molecular weight is 278 g/mol. The fourth-order valence-corrected chi connectivity index (χ4v) is 2.97. The molecule has 0 saturated heterocycles. The maximum atomic E-state index is 4.60. The Morgan fingerprint density at radius 1 is 1.05 bits per heavy atom. The lowest BCUT2D eigenvalue weighted by atomic mass is 9.94. The number of fused-ring (bicyclic) bond motifs is 2. The molecular formula is C19H22N2. The van der Waals surface area contributed by atoms with Crippen LogP contribution in [0.4, 0.5) is 0 Å². The number of pyridine rings is 1. The molecule has 0 amide bonds. The second kappa shape index (κ2) is 6.23. The highest BCUT2D eigenvalue weighted by Crippen LogP contribution is 2.32. The van der Waals surface area contributed by atoms with E-state index in [4.69, 9.17) is 0 Å². The first-order chi connectivity index (χ1) is 10.3. The number of rotatable bonds is 3. The Morgan fingerprint density at radius 2 is 1.86 bits per heavy atom. The molecule has 0 saturated carbocycles. The fraction of sp³-hybridized carbons (Fsp3) is 0.316.